The van der Waals surface area contributed by atoms with E-state index >= 15 is 0 Å². The molecular formula is C10H22S. The van der Waals surface area contributed by atoms with Gasteiger partial charge in [-0.15, -0.1) is 0 Å². The van der Waals surface area contributed by atoms with Gasteiger partial charge in [-0.05, 0) is 18.8 Å². The van der Waals surface area contributed by atoms with Gasteiger partial charge in [-0.25, -0.2) is 0 Å². The fourth-order valence-electron chi connectivity index (χ4n) is 1.29. The third kappa shape index (κ3) is 8.25. The molecule has 0 saturated heterocycles. The van der Waals surface area contributed by atoms with Crippen molar-refractivity contribution < 1.29 is 0 Å². The summed E-state index contributed by atoms with van der Waals surface area (Å²) in [6.45, 7) is 6.78. The van der Waals surface area contributed by atoms with Gasteiger partial charge in [0.05, 0.1) is 0 Å². The minimum atomic E-state index is 0.640. The van der Waals surface area contributed by atoms with Crippen molar-refractivity contribution in [2.45, 2.75) is 58.1 Å². The van der Waals surface area contributed by atoms with E-state index in [9.17, 15) is 0 Å². The molecule has 0 nitrogen and oxygen atoms in total. The minimum absolute atomic E-state index is 0.640. The summed E-state index contributed by atoms with van der Waals surface area (Å²) >= 11 is 4.54. The number of hydrogen-bond acceptors (Lipinski definition) is 1. The highest BCUT2D eigenvalue weighted by molar-refractivity contribution is 7.80. The molecule has 0 amide bonds. The van der Waals surface area contributed by atoms with E-state index in [2.05, 4.69) is 33.4 Å². The molecule has 0 N–H and O–H groups in total. The van der Waals surface area contributed by atoms with Crippen LogP contribution in [0.2, 0.25) is 0 Å². The molecule has 68 valence electrons. The minimum Gasteiger partial charge on any atom is -0.176 e. The molecule has 1 unspecified atom stereocenters. The molecule has 0 aliphatic carbocycles. The second-order valence-electron chi connectivity index (χ2n) is 3.78. The standard InChI is InChI=1S/C10H22S/c1-4-5-6-7-10(11)8-9(2)3/h9-11H,4-8H2,1-3H3. The van der Waals surface area contributed by atoms with Gasteiger partial charge in [0.15, 0.2) is 0 Å². The third-order valence-corrected chi connectivity index (χ3v) is 2.35. The molecule has 0 heterocycles. The maximum atomic E-state index is 4.54. The van der Waals surface area contributed by atoms with Gasteiger partial charge in [-0.3, -0.25) is 0 Å². The third-order valence-electron chi connectivity index (χ3n) is 1.88. The molecule has 11 heavy (non-hydrogen) atoms. The van der Waals surface area contributed by atoms with E-state index in [0.29, 0.717) is 5.25 Å². The Labute approximate surface area is 77.2 Å². The zero-order chi connectivity index (χ0) is 8.69. The van der Waals surface area contributed by atoms with Crippen molar-refractivity contribution in [3.63, 3.8) is 0 Å². The number of rotatable bonds is 6. The van der Waals surface area contributed by atoms with E-state index in [-0.39, 0.29) is 0 Å². The van der Waals surface area contributed by atoms with Crippen LogP contribution in [-0.4, -0.2) is 5.25 Å². The lowest BCUT2D eigenvalue weighted by Gasteiger charge is -2.12. The van der Waals surface area contributed by atoms with Crippen LogP contribution >= 0.6 is 12.6 Å². The van der Waals surface area contributed by atoms with Gasteiger partial charge in [-0.2, -0.15) is 12.6 Å². The fourth-order valence-corrected chi connectivity index (χ4v) is 1.90. The number of hydrogen-bond donors (Lipinski definition) is 1. The maximum Gasteiger partial charge on any atom is 0.00192 e. The quantitative estimate of drug-likeness (QED) is 0.458. The first kappa shape index (κ1) is 11.4. The SMILES string of the molecule is CCCCCC(S)CC(C)C. The Morgan fingerprint density at radius 3 is 2.27 bits per heavy atom. The smallest absolute Gasteiger partial charge is 0.00192 e. The van der Waals surface area contributed by atoms with Gasteiger partial charge < -0.3 is 0 Å². The molecule has 0 radical (unpaired) electrons. The molecule has 0 spiro atoms. The van der Waals surface area contributed by atoms with E-state index in [1.165, 1.54) is 32.1 Å². The van der Waals surface area contributed by atoms with E-state index in [1.54, 1.807) is 0 Å². The molecule has 0 bridgehead atoms. The molecular weight excluding hydrogens is 152 g/mol. The molecule has 0 rings (SSSR count). The van der Waals surface area contributed by atoms with Crippen LogP contribution in [0.4, 0.5) is 0 Å². The summed E-state index contributed by atoms with van der Waals surface area (Å²) in [7, 11) is 0. The molecule has 0 aromatic carbocycles. The van der Waals surface area contributed by atoms with Crippen LogP contribution in [0, 0.1) is 5.92 Å². The topological polar surface area (TPSA) is 0 Å². The van der Waals surface area contributed by atoms with Crippen LogP contribution in [0.1, 0.15) is 52.9 Å². The van der Waals surface area contributed by atoms with E-state index in [1.807, 2.05) is 0 Å². The van der Waals surface area contributed by atoms with Crippen molar-refractivity contribution in [3.8, 4) is 0 Å². The van der Waals surface area contributed by atoms with E-state index in [0.717, 1.165) is 5.92 Å². The number of thiol groups is 1. The zero-order valence-electron chi connectivity index (χ0n) is 8.14. The van der Waals surface area contributed by atoms with E-state index < -0.39 is 0 Å². The molecule has 0 aromatic rings. The van der Waals surface area contributed by atoms with Crippen molar-refractivity contribution >= 4 is 12.6 Å². The molecule has 0 aliphatic rings. The second-order valence-corrected chi connectivity index (χ2v) is 4.51. The summed E-state index contributed by atoms with van der Waals surface area (Å²) in [5, 5.41) is 0.640. The summed E-state index contributed by atoms with van der Waals surface area (Å²) in [4.78, 5) is 0. The molecule has 1 atom stereocenters. The Kier molecular flexibility index (Phi) is 7.25. The summed E-state index contributed by atoms with van der Waals surface area (Å²) in [6, 6.07) is 0. The molecule has 0 aliphatic heterocycles. The first-order valence-electron chi connectivity index (χ1n) is 4.84. The van der Waals surface area contributed by atoms with Crippen LogP contribution in [0.15, 0.2) is 0 Å². The fraction of sp³-hybridized carbons (Fsp3) is 1.00. The summed E-state index contributed by atoms with van der Waals surface area (Å²) in [6.07, 6.45) is 6.62. The second kappa shape index (κ2) is 7.02. The summed E-state index contributed by atoms with van der Waals surface area (Å²) in [5.74, 6) is 0.805. The van der Waals surface area contributed by atoms with Gasteiger partial charge in [0.1, 0.15) is 0 Å². The van der Waals surface area contributed by atoms with Gasteiger partial charge in [0, 0.05) is 5.25 Å². The summed E-state index contributed by atoms with van der Waals surface area (Å²) < 4.78 is 0. The molecule has 0 fully saturated rings. The van der Waals surface area contributed by atoms with Crippen LogP contribution in [0.5, 0.6) is 0 Å². The lowest BCUT2D eigenvalue weighted by atomic mass is 10.0. The summed E-state index contributed by atoms with van der Waals surface area (Å²) in [5.41, 5.74) is 0. The van der Waals surface area contributed by atoms with Crippen LogP contribution in [0.3, 0.4) is 0 Å². The Morgan fingerprint density at radius 2 is 1.82 bits per heavy atom. The Balaban J connectivity index is 3.15. The Hall–Kier alpha value is 0.350. The Bertz CT molecular complexity index is 78.9. The van der Waals surface area contributed by atoms with Gasteiger partial charge >= 0.3 is 0 Å². The monoisotopic (exact) mass is 174 g/mol. The van der Waals surface area contributed by atoms with E-state index in [4.69, 9.17) is 0 Å². The highest BCUT2D eigenvalue weighted by Gasteiger charge is 2.04. The average molecular weight is 174 g/mol. The van der Waals surface area contributed by atoms with Crippen molar-refractivity contribution in [1.82, 2.24) is 0 Å². The lowest BCUT2D eigenvalue weighted by Crippen LogP contribution is -2.03. The van der Waals surface area contributed by atoms with Crippen LogP contribution < -0.4 is 0 Å². The largest absolute Gasteiger partial charge is 0.176 e. The van der Waals surface area contributed by atoms with Crippen LogP contribution in [-0.2, 0) is 0 Å². The molecule has 0 saturated carbocycles. The lowest BCUT2D eigenvalue weighted by molar-refractivity contribution is 0.531. The predicted molar refractivity (Wildman–Crippen MR) is 56.4 cm³/mol. The molecule has 1 heteroatoms. The van der Waals surface area contributed by atoms with Gasteiger partial charge in [-0.1, -0.05) is 40.0 Å². The van der Waals surface area contributed by atoms with Crippen molar-refractivity contribution in [3.05, 3.63) is 0 Å². The first-order valence-corrected chi connectivity index (χ1v) is 5.36. The van der Waals surface area contributed by atoms with Crippen molar-refractivity contribution in [2.24, 2.45) is 5.92 Å². The van der Waals surface area contributed by atoms with Gasteiger partial charge in [0.25, 0.3) is 0 Å². The first-order chi connectivity index (χ1) is 5.16. The highest BCUT2D eigenvalue weighted by atomic mass is 32.1. The highest BCUT2D eigenvalue weighted by Crippen LogP contribution is 2.16. The maximum absolute atomic E-state index is 4.54. The Morgan fingerprint density at radius 1 is 1.18 bits per heavy atom. The molecule has 0 aromatic heterocycles. The zero-order valence-corrected chi connectivity index (χ0v) is 9.03. The van der Waals surface area contributed by atoms with Crippen LogP contribution in [0.25, 0.3) is 0 Å². The number of unbranched alkanes of at least 4 members (excludes halogenated alkanes) is 2. The normalized spacial score (nSPS) is 13.9. The van der Waals surface area contributed by atoms with Gasteiger partial charge in [0.2, 0.25) is 0 Å². The van der Waals surface area contributed by atoms with Crippen molar-refractivity contribution in [2.75, 3.05) is 0 Å². The predicted octanol–water partition coefficient (Wildman–Crippen LogP) is 3.91. The average Bonchev–Trinajstić information content (AvgIpc) is 1.86. The van der Waals surface area contributed by atoms with Crippen molar-refractivity contribution in [1.29, 1.82) is 0 Å².